The van der Waals surface area contributed by atoms with Crippen molar-refractivity contribution < 1.29 is 9.59 Å². The zero-order valence-corrected chi connectivity index (χ0v) is 15.6. The third-order valence-electron chi connectivity index (χ3n) is 3.97. The van der Waals surface area contributed by atoms with Crippen LogP contribution in [0.15, 0.2) is 48.5 Å². The standard InChI is InChI=1S/C19H17Cl2N3O2/c1-12-8-13-4-2-3-5-17(13)24(12)11-19(26)22-10-18(25)23-16-9-14(20)6-7-15(16)21/h2-9H,10-11H2,1H3,(H,22,26)(H,23,25). The van der Waals surface area contributed by atoms with Crippen molar-refractivity contribution in [2.75, 3.05) is 11.9 Å². The Kier molecular flexibility index (Phi) is 5.49. The van der Waals surface area contributed by atoms with Crippen LogP contribution in [-0.2, 0) is 16.1 Å². The lowest BCUT2D eigenvalue weighted by Crippen LogP contribution is -2.35. The van der Waals surface area contributed by atoms with Gasteiger partial charge in [0, 0.05) is 16.2 Å². The van der Waals surface area contributed by atoms with E-state index in [0.717, 1.165) is 16.6 Å². The first-order valence-electron chi connectivity index (χ1n) is 8.00. The van der Waals surface area contributed by atoms with Crippen LogP contribution < -0.4 is 10.6 Å². The predicted octanol–water partition coefficient (Wildman–Crippen LogP) is 4.01. The first-order valence-corrected chi connectivity index (χ1v) is 8.76. The molecule has 3 aromatic rings. The molecule has 0 bridgehead atoms. The predicted molar refractivity (Wildman–Crippen MR) is 105 cm³/mol. The quantitative estimate of drug-likeness (QED) is 0.692. The largest absolute Gasteiger partial charge is 0.345 e. The minimum atomic E-state index is -0.378. The molecule has 0 aliphatic rings. The topological polar surface area (TPSA) is 63.1 Å². The first kappa shape index (κ1) is 18.3. The summed E-state index contributed by atoms with van der Waals surface area (Å²) < 4.78 is 1.91. The van der Waals surface area contributed by atoms with Crippen molar-refractivity contribution in [2.45, 2.75) is 13.5 Å². The Morgan fingerprint density at radius 2 is 1.81 bits per heavy atom. The van der Waals surface area contributed by atoms with E-state index in [0.29, 0.717) is 15.7 Å². The summed E-state index contributed by atoms with van der Waals surface area (Å²) >= 11 is 11.9. The molecule has 0 spiro atoms. The van der Waals surface area contributed by atoms with Crippen LogP contribution in [0.5, 0.6) is 0 Å². The summed E-state index contributed by atoms with van der Waals surface area (Å²) in [6.45, 7) is 1.94. The van der Waals surface area contributed by atoms with Crippen molar-refractivity contribution in [2.24, 2.45) is 0 Å². The molecule has 3 rings (SSSR count). The highest BCUT2D eigenvalue weighted by atomic mass is 35.5. The van der Waals surface area contributed by atoms with E-state index in [9.17, 15) is 9.59 Å². The number of rotatable bonds is 5. The van der Waals surface area contributed by atoms with Crippen molar-refractivity contribution >= 4 is 51.6 Å². The van der Waals surface area contributed by atoms with Gasteiger partial charge in [0.25, 0.3) is 0 Å². The molecular formula is C19H17Cl2N3O2. The van der Waals surface area contributed by atoms with Gasteiger partial charge in [-0.25, -0.2) is 0 Å². The maximum absolute atomic E-state index is 12.2. The van der Waals surface area contributed by atoms with E-state index >= 15 is 0 Å². The second kappa shape index (κ2) is 7.81. The van der Waals surface area contributed by atoms with E-state index in [1.807, 2.05) is 41.8 Å². The Balaban J connectivity index is 1.59. The lowest BCUT2D eigenvalue weighted by atomic mass is 10.2. The summed E-state index contributed by atoms with van der Waals surface area (Å²) in [5, 5.41) is 7.16. The SMILES string of the molecule is Cc1cc2ccccc2n1CC(=O)NCC(=O)Nc1cc(Cl)ccc1Cl. The van der Waals surface area contributed by atoms with Gasteiger partial charge in [-0.2, -0.15) is 0 Å². The fourth-order valence-electron chi connectivity index (χ4n) is 2.72. The fourth-order valence-corrected chi connectivity index (χ4v) is 3.06. The summed E-state index contributed by atoms with van der Waals surface area (Å²) in [7, 11) is 0. The number of nitrogens with zero attached hydrogens (tertiary/aromatic N) is 1. The van der Waals surface area contributed by atoms with Gasteiger partial charge in [0.15, 0.2) is 0 Å². The normalized spacial score (nSPS) is 10.7. The smallest absolute Gasteiger partial charge is 0.243 e. The van der Waals surface area contributed by atoms with Crippen LogP contribution in [-0.4, -0.2) is 22.9 Å². The second-order valence-corrected chi connectivity index (χ2v) is 6.72. The molecule has 0 aliphatic heterocycles. The number of nitrogens with one attached hydrogen (secondary N) is 2. The van der Waals surface area contributed by atoms with Gasteiger partial charge >= 0.3 is 0 Å². The second-order valence-electron chi connectivity index (χ2n) is 5.88. The number of fused-ring (bicyclic) bond motifs is 1. The zero-order chi connectivity index (χ0) is 18.7. The summed E-state index contributed by atoms with van der Waals surface area (Å²) in [6.07, 6.45) is 0. The number of carbonyl (C=O) groups is 2. The third-order valence-corrected chi connectivity index (χ3v) is 4.53. The summed E-state index contributed by atoms with van der Waals surface area (Å²) in [5.41, 5.74) is 2.37. The molecule has 0 aliphatic carbocycles. The molecule has 2 amide bonds. The van der Waals surface area contributed by atoms with E-state index < -0.39 is 0 Å². The van der Waals surface area contributed by atoms with E-state index in [2.05, 4.69) is 10.6 Å². The number of hydrogen-bond donors (Lipinski definition) is 2. The van der Waals surface area contributed by atoms with Crippen LogP contribution >= 0.6 is 23.2 Å². The average Bonchev–Trinajstić information content (AvgIpc) is 2.92. The lowest BCUT2D eigenvalue weighted by molar-refractivity contribution is -0.124. The number of aryl methyl sites for hydroxylation is 1. The number of halogens is 2. The molecule has 0 unspecified atom stereocenters. The van der Waals surface area contributed by atoms with Crippen molar-refractivity contribution in [3.63, 3.8) is 0 Å². The average molecular weight is 390 g/mol. The monoisotopic (exact) mass is 389 g/mol. The molecule has 134 valence electrons. The summed E-state index contributed by atoms with van der Waals surface area (Å²) in [4.78, 5) is 24.3. The fraction of sp³-hybridized carbons (Fsp3) is 0.158. The molecule has 1 aromatic heterocycles. The van der Waals surface area contributed by atoms with Crippen molar-refractivity contribution in [3.05, 3.63) is 64.3 Å². The number of anilines is 1. The highest BCUT2D eigenvalue weighted by Gasteiger charge is 2.11. The Bertz CT molecular complexity index is 982. The van der Waals surface area contributed by atoms with Gasteiger partial charge in [0.1, 0.15) is 6.54 Å². The number of benzene rings is 2. The maximum Gasteiger partial charge on any atom is 0.243 e. The minimum absolute atomic E-state index is 0.143. The Labute approximate surface area is 160 Å². The Morgan fingerprint density at radius 3 is 2.62 bits per heavy atom. The maximum atomic E-state index is 12.2. The van der Waals surface area contributed by atoms with Crippen LogP contribution in [0.2, 0.25) is 10.0 Å². The molecule has 5 nitrogen and oxygen atoms in total. The summed E-state index contributed by atoms with van der Waals surface area (Å²) in [5.74, 6) is -0.626. The van der Waals surface area contributed by atoms with Crippen molar-refractivity contribution in [3.8, 4) is 0 Å². The lowest BCUT2D eigenvalue weighted by Gasteiger charge is -2.10. The van der Waals surface area contributed by atoms with E-state index in [1.54, 1.807) is 18.2 Å². The van der Waals surface area contributed by atoms with Crippen LogP contribution in [0.3, 0.4) is 0 Å². The molecule has 0 saturated carbocycles. The Morgan fingerprint density at radius 1 is 1.04 bits per heavy atom. The van der Waals surface area contributed by atoms with Crippen molar-refractivity contribution in [1.29, 1.82) is 0 Å². The first-order chi connectivity index (χ1) is 12.4. The van der Waals surface area contributed by atoms with Gasteiger partial charge in [-0.3, -0.25) is 9.59 Å². The van der Waals surface area contributed by atoms with Gasteiger partial charge in [-0.1, -0.05) is 41.4 Å². The molecule has 0 atom stereocenters. The molecule has 2 N–H and O–H groups in total. The van der Waals surface area contributed by atoms with Crippen LogP contribution in [0.4, 0.5) is 5.69 Å². The zero-order valence-electron chi connectivity index (χ0n) is 14.1. The van der Waals surface area contributed by atoms with Gasteiger partial charge in [0.05, 0.1) is 17.3 Å². The highest BCUT2D eigenvalue weighted by Crippen LogP contribution is 2.25. The number of carbonyl (C=O) groups excluding carboxylic acids is 2. The van der Waals surface area contributed by atoms with Crippen LogP contribution in [0.25, 0.3) is 10.9 Å². The van der Waals surface area contributed by atoms with E-state index in [-0.39, 0.29) is 24.9 Å². The minimum Gasteiger partial charge on any atom is -0.345 e. The van der Waals surface area contributed by atoms with Gasteiger partial charge < -0.3 is 15.2 Å². The van der Waals surface area contributed by atoms with E-state index in [4.69, 9.17) is 23.2 Å². The molecular weight excluding hydrogens is 373 g/mol. The number of aromatic nitrogens is 1. The molecule has 0 radical (unpaired) electrons. The third kappa shape index (κ3) is 4.18. The number of hydrogen-bond acceptors (Lipinski definition) is 2. The number of amides is 2. The van der Waals surface area contributed by atoms with Gasteiger partial charge in [-0.05, 0) is 42.6 Å². The van der Waals surface area contributed by atoms with Gasteiger partial charge in [-0.15, -0.1) is 0 Å². The van der Waals surface area contributed by atoms with Gasteiger partial charge in [0.2, 0.25) is 11.8 Å². The summed E-state index contributed by atoms with van der Waals surface area (Å²) in [6, 6.07) is 14.6. The van der Waals surface area contributed by atoms with Crippen molar-refractivity contribution in [1.82, 2.24) is 9.88 Å². The van der Waals surface area contributed by atoms with Crippen LogP contribution in [0.1, 0.15) is 5.69 Å². The number of para-hydroxylation sites is 1. The molecule has 2 aromatic carbocycles. The van der Waals surface area contributed by atoms with Crippen LogP contribution in [0, 0.1) is 6.92 Å². The van der Waals surface area contributed by atoms with E-state index in [1.165, 1.54) is 0 Å². The molecule has 1 heterocycles. The Hall–Kier alpha value is -2.50. The molecule has 0 saturated heterocycles. The molecule has 0 fully saturated rings. The molecule has 26 heavy (non-hydrogen) atoms. The highest BCUT2D eigenvalue weighted by molar-refractivity contribution is 6.35. The molecule has 7 heteroatoms.